The van der Waals surface area contributed by atoms with Crippen molar-refractivity contribution < 1.29 is 9.47 Å². The van der Waals surface area contributed by atoms with Crippen LogP contribution in [-0.4, -0.2) is 31.5 Å². The van der Waals surface area contributed by atoms with Crippen molar-refractivity contribution >= 4 is 0 Å². The minimum Gasteiger partial charge on any atom is -0.381 e. The number of hydrazine groups is 1. The van der Waals surface area contributed by atoms with Gasteiger partial charge in [-0.2, -0.15) is 0 Å². The first kappa shape index (κ1) is 17.2. The SMILES string of the molecule is CC(CC(NN)C1CCOC2(CCOCC2)C1)C(C)(C)C. The highest BCUT2D eigenvalue weighted by Gasteiger charge is 2.41. The Morgan fingerprint density at radius 2 is 1.90 bits per heavy atom. The van der Waals surface area contributed by atoms with Crippen LogP contribution in [0.5, 0.6) is 0 Å². The van der Waals surface area contributed by atoms with Crippen molar-refractivity contribution in [3.8, 4) is 0 Å². The third-order valence-corrected chi connectivity index (χ3v) is 5.80. The molecule has 2 aliphatic rings. The van der Waals surface area contributed by atoms with Crippen molar-refractivity contribution in [1.82, 2.24) is 5.43 Å². The summed E-state index contributed by atoms with van der Waals surface area (Å²) in [5.41, 5.74) is 3.50. The summed E-state index contributed by atoms with van der Waals surface area (Å²) in [5.74, 6) is 7.16. The molecule has 3 unspecified atom stereocenters. The lowest BCUT2D eigenvalue weighted by atomic mass is 9.72. The van der Waals surface area contributed by atoms with Gasteiger partial charge in [-0.05, 0) is 49.4 Å². The molecule has 0 amide bonds. The quantitative estimate of drug-likeness (QED) is 0.619. The van der Waals surface area contributed by atoms with Crippen LogP contribution in [0.4, 0.5) is 0 Å². The first-order valence-corrected chi connectivity index (χ1v) is 8.54. The van der Waals surface area contributed by atoms with Crippen molar-refractivity contribution in [1.29, 1.82) is 0 Å². The zero-order chi connectivity index (χ0) is 15.5. The molecule has 0 aromatic rings. The average molecular weight is 298 g/mol. The fourth-order valence-electron chi connectivity index (χ4n) is 3.63. The molecule has 0 radical (unpaired) electrons. The van der Waals surface area contributed by atoms with Crippen LogP contribution in [0.3, 0.4) is 0 Å². The number of nitrogens with two attached hydrogens (primary N) is 1. The second-order valence-electron chi connectivity index (χ2n) is 8.17. The Labute approximate surface area is 130 Å². The van der Waals surface area contributed by atoms with Crippen LogP contribution < -0.4 is 11.3 Å². The standard InChI is InChI=1S/C17H34N2O2/c1-13(16(2,3)4)11-15(19-18)14-5-8-21-17(12-14)6-9-20-10-7-17/h13-15,19H,5-12,18H2,1-4H3. The van der Waals surface area contributed by atoms with Crippen LogP contribution in [0.2, 0.25) is 0 Å². The van der Waals surface area contributed by atoms with Crippen LogP contribution in [-0.2, 0) is 9.47 Å². The van der Waals surface area contributed by atoms with E-state index in [0.717, 1.165) is 51.9 Å². The Hall–Kier alpha value is -0.160. The molecule has 2 heterocycles. The maximum absolute atomic E-state index is 6.15. The van der Waals surface area contributed by atoms with Gasteiger partial charge in [-0.3, -0.25) is 11.3 Å². The highest BCUT2D eigenvalue weighted by Crippen LogP contribution is 2.40. The molecule has 2 fully saturated rings. The van der Waals surface area contributed by atoms with E-state index in [1.807, 2.05) is 0 Å². The van der Waals surface area contributed by atoms with Gasteiger partial charge in [0.2, 0.25) is 0 Å². The monoisotopic (exact) mass is 298 g/mol. The Balaban J connectivity index is 1.97. The topological polar surface area (TPSA) is 56.5 Å². The zero-order valence-electron chi connectivity index (χ0n) is 14.3. The minimum atomic E-state index is 0.0568. The lowest BCUT2D eigenvalue weighted by Crippen LogP contribution is -2.51. The van der Waals surface area contributed by atoms with Gasteiger partial charge >= 0.3 is 0 Å². The third kappa shape index (κ3) is 4.41. The summed E-state index contributed by atoms with van der Waals surface area (Å²) in [6.45, 7) is 11.8. The normalized spacial score (nSPS) is 29.3. The van der Waals surface area contributed by atoms with Crippen molar-refractivity contribution in [2.45, 2.75) is 71.4 Å². The van der Waals surface area contributed by atoms with Gasteiger partial charge in [-0.1, -0.05) is 27.7 Å². The van der Waals surface area contributed by atoms with Gasteiger partial charge in [0.15, 0.2) is 0 Å². The Kier molecular flexibility index (Phi) is 5.69. The molecular formula is C17H34N2O2. The molecule has 3 N–H and O–H groups in total. The molecule has 1 spiro atoms. The van der Waals surface area contributed by atoms with Gasteiger partial charge in [0.25, 0.3) is 0 Å². The molecule has 0 aliphatic carbocycles. The van der Waals surface area contributed by atoms with E-state index in [2.05, 4.69) is 33.1 Å². The summed E-state index contributed by atoms with van der Waals surface area (Å²) in [4.78, 5) is 0. The van der Waals surface area contributed by atoms with Gasteiger partial charge in [-0.15, -0.1) is 0 Å². The largest absolute Gasteiger partial charge is 0.381 e. The highest BCUT2D eigenvalue weighted by atomic mass is 16.5. The predicted octanol–water partition coefficient (Wildman–Crippen LogP) is 2.87. The maximum Gasteiger partial charge on any atom is 0.0729 e. The molecule has 2 saturated heterocycles. The molecule has 0 aromatic heterocycles. The lowest BCUT2D eigenvalue weighted by molar-refractivity contribution is -0.151. The predicted molar refractivity (Wildman–Crippen MR) is 85.8 cm³/mol. The molecule has 21 heavy (non-hydrogen) atoms. The third-order valence-electron chi connectivity index (χ3n) is 5.80. The number of nitrogens with one attached hydrogen (secondary N) is 1. The first-order chi connectivity index (χ1) is 9.86. The summed E-state index contributed by atoms with van der Waals surface area (Å²) in [6.07, 6.45) is 5.46. The summed E-state index contributed by atoms with van der Waals surface area (Å²) in [5, 5.41) is 0. The Bertz CT molecular complexity index is 316. The number of ether oxygens (including phenoxy) is 2. The van der Waals surface area contributed by atoms with Crippen molar-refractivity contribution in [2.75, 3.05) is 19.8 Å². The van der Waals surface area contributed by atoms with Crippen LogP contribution in [0.25, 0.3) is 0 Å². The van der Waals surface area contributed by atoms with E-state index in [9.17, 15) is 0 Å². The van der Waals surface area contributed by atoms with E-state index in [1.165, 1.54) is 0 Å². The van der Waals surface area contributed by atoms with Gasteiger partial charge in [-0.25, -0.2) is 0 Å². The van der Waals surface area contributed by atoms with Gasteiger partial charge in [0.1, 0.15) is 0 Å². The van der Waals surface area contributed by atoms with E-state index in [1.54, 1.807) is 0 Å². The molecule has 4 heteroatoms. The number of rotatable bonds is 4. The molecule has 124 valence electrons. The van der Waals surface area contributed by atoms with Crippen molar-refractivity contribution in [3.63, 3.8) is 0 Å². The van der Waals surface area contributed by atoms with Crippen LogP contribution >= 0.6 is 0 Å². The molecule has 0 bridgehead atoms. The highest BCUT2D eigenvalue weighted by molar-refractivity contribution is 4.93. The average Bonchev–Trinajstić information content (AvgIpc) is 2.44. The van der Waals surface area contributed by atoms with E-state index in [-0.39, 0.29) is 5.60 Å². The molecular weight excluding hydrogens is 264 g/mol. The fourth-order valence-corrected chi connectivity index (χ4v) is 3.63. The molecule has 0 aromatic carbocycles. The Morgan fingerprint density at radius 1 is 1.24 bits per heavy atom. The van der Waals surface area contributed by atoms with Gasteiger partial charge < -0.3 is 9.47 Å². The zero-order valence-corrected chi connectivity index (χ0v) is 14.3. The first-order valence-electron chi connectivity index (χ1n) is 8.54. The second-order valence-corrected chi connectivity index (χ2v) is 8.17. The van der Waals surface area contributed by atoms with E-state index in [0.29, 0.717) is 23.3 Å². The molecule has 3 atom stereocenters. The fraction of sp³-hybridized carbons (Fsp3) is 1.00. The minimum absolute atomic E-state index is 0.0568. The molecule has 0 saturated carbocycles. The number of hydrogen-bond donors (Lipinski definition) is 2. The molecule has 2 rings (SSSR count). The lowest BCUT2D eigenvalue weighted by Gasteiger charge is -2.46. The van der Waals surface area contributed by atoms with Crippen molar-refractivity contribution in [3.05, 3.63) is 0 Å². The van der Waals surface area contributed by atoms with Gasteiger partial charge in [0, 0.05) is 25.9 Å². The van der Waals surface area contributed by atoms with Gasteiger partial charge in [0.05, 0.1) is 5.60 Å². The summed E-state index contributed by atoms with van der Waals surface area (Å²) in [6, 6.07) is 0.392. The second kappa shape index (κ2) is 6.95. The van der Waals surface area contributed by atoms with E-state index >= 15 is 0 Å². The van der Waals surface area contributed by atoms with Crippen molar-refractivity contribution in [2.24, 2.45) is 23.1 Å². The van der Waals surface area contributed by atoms with E-state index in [4.69, 9.17) is 15.3 Å². The summed E-state index contributed by atoms with van der Waals surface area (Å²) >= 11 is 0. The van der Waals surface area contributed by atoms with Crippen LogP contribution in [0.15, 0.2) is 0 Å². The maximum atomic E-state index is 6.15. The van der Waals surface area contributed by atoms with E-state index < -0.39 is 0 Å². The van der Waals surface area contributed by atoms with Crippen LogP contribution in [0, 0.1) is 17.3 Å². The number of hydrogen-bond acceptors (Lipinski definition) is 4. The summed E-state index contributed by atoms with van der Waals surface area (Å²) < 4.78 is 11.7. The summed E-state index contributed by atoms with van der Waals surface area (Å²) in [7, 11) is 0. The molecule has 4 nitrogen and oxygen atoms in total. The smallest absolute Gasteiger partial charge is 0.0729 e. The van der Waals surface area contributed by atoms with Crippen LogP contribution in [0.1, 0.15) is 59.8 Å². The molecule has 2 aliphatic heterocycles. The Morgan fingerprint density at radius 3 is 2.48 bits per heavy atom.